The molecule has 0 N–H and O–H groups in total. The SMILES string of the molecule is CO[C@H](C)/C(C)=C/c1nc(C2SCCCS2)co1. The summed E-state index contributed by atoms with van der Waals surface area (Å²) in [5.74, 6) is 3.11. The van der Waals surface area contributed by atoms with Gasteiger partial charge in [-0.05, 0) is 37.3 Å². The Morgan fingerprint density at radius 1 is 1.56 bits per heavy atom. The molecule has 0 spiro atoms. The topological polar surface area (TPSA) is 35.3 Å². The van der Waals surface area contributed by atoms with Gasteiger partial charge in [-0.25, -0.2) is 4.98 Å². The van der Waals surface area contributed by atoms with Gasteiger partial charge in [-0.1, -0.05) is 0 Å². The number of oxazole rings is 1. The Bertz CT molecular complexity index is 411. The van der Waals surface area contributed by atoms with Crippen molar-refractivity contribution in [2.45, 2.75) is 31.0 Å². The Hall–Kier alpha value is -0.390. The van der Waals surface area contributed by atoms with Crippen molar-refractivity contribution in [3.63, 3.8) is 0 Å². The van der Waals surface area contributed by atoms with Crippen molar-refractivity contribution in [3.05, 3.63) is 23.4 Å². The summed E-state index contributed by atoms with van der Waals surface area (Å²) in [5, 5.41) is 0. The molecule has 18 heavy (non-hydrogen) atoms. The van der Waals surface area contributed by atoms with E-state index < -0.39 is 0 Å². The Morgan fingerprint density at radius 3 is 2.94 bits per heavy atom. The molecular formula is C13H19NO2S2. The lowest BCUT2D eigenvalue weighted by Gasteiger charge is -2.18. The maximum absolute atomic E-state index is 5.51. The molecule has 1 aromatic heterocycles. The number of hydrogen-bond donors (Lipinski definition) is 0. The molecule has 2 rings (SSSR count). The van der Waals surface area contributed by atoms with Crippen molar-refractivity contribution in [2.24, 2.45) is 0 Å². The van der Waals surface area contributed by atoms with Crippen LogP contribution >= 0.6 is 23.5 Å². The third kappa shape index (κ3) is 3.56. The summed E-state index contributed by atoms with van der Waals surface area (Å²) in [6, 6.07) is 0. The summed E-state index contributed by atoms with van der Waals surface area (Å²) < 4.78 is 11.2. The smallest absolute Gasteiger partial charge is 0.218 e. The van der Waals surface area contributed by atoms with Gasteiger partial charge in [0, 0.05) is 13.2 Å². The van der Waals surface area contributed by atoms with Crippen molar-refractivity contribution in [3.8, 4) is 0 Å². The third-order valence-corrected chi connectivity index (χ3v) is 5.91. The Balaban J connectivity index is 2.05. The van der Waals surface area contributed by atoms with Crippen LogP contribution in [0, 0.1) is 0 Å². The summed E-state index contributed by atoms with van der Waals surface area (Å²) in [6.45, 7) is 4.05. The zero-order chi connectivity index (χ0) is 13.0. The van der Waals surface area contributed by atoms with E-state index in [4.69, 9.17) is 9.15 Å². The molecule has 0 radical (unpaired) electrons. The summed E-state index contributed by atoms with van der Waals surface area (Å²) >= 11 is 3.91. The molecule has 0 saturated carbocycles. The molecule has 1 aromatic rings. The van der Waals surface area contributed by atoms with Crippen molar-refractivity contribution >= 4 is 29.6 Å². The van der Waals surface area contributed by atoms with E-state index in [0.717, 1.165) is 11.3 Å². The van der Waals surface area contributed by atoms with E-state index in [1.807, 2.05) is 43.4 Å². The number of aromatic nitrogens is 1. The molecule has 2 heterocycles. The first-order chi connectivity index (χ1) is 8.70. The number of ether oxygens (including phenoxy) is 1. The first-order valence-corrected chi connectivity index (χ1v) is 8.20. The second kappa shape index (κ2) is 6.68. The lowest BCUT2D eigenvalue weighted by atomic mass is 10.2. The molecule has 5 heteroatoms. The molecule has 0 aromatic carbocycles. The van der Waals surface area contributed by atoms with E-state index in [1.165, 1.54) is 17.9 Å². The maximum Gasteiger partial charge on any atom is 0.218 e. The van der Waals surface area contributed by atoms with Crippen LogP contribution in [0.1, 0.15) is 36.4 Å². The van der Waals surface area contributed by atoms with Gasteiger partial charge in [0.25, 0.3) is 0 Å². The van der Waals surface area contributed by atoms with E-state index in [1.54, 1.807) is 13.4 Å². The van der Waals surface area contributed by atoms with Gasteiger partial charge in [-0.15, -0.1) is 23.5 Å². The number of rotatable bonds is 4. The van der Waals surface area contributed by atoms with Crippen LogP contribution < -0.4 is 0 Å². The molecule has 0 aliphatic carbocycles. The minimum absolute atomic E-state index is 0.0961. The number of methoxy groups -OCH3 is 1. The molecule has 1 fully saturated rings. The third-order valence-electron chi connectivity index (χ3n) is 2.95. The highest BCUT2D eigenvalue weighted by atomic mass is 32.2. The molecule has 3 nitrogen and oxygen atoms in total. The van der Waals surface area contributed by atoms with Gasteiger partial charge in [0.2, 0.25) is 5.89 Å². The highest BCUT2D eigenvalue weighted by Crippen LogP contribution is 2.43. The molecule has 0 bridgehead atoms. The quantitative estimate of drug-likeness (QED) is 0.836. The van der Waals surface area contributed by atoms with Crippen molar-refractivity contribution in [1.29, 1.82) is 0 Å². The van der Waals surface area contributed by atoms with Crippen LogP contribution in [0.15, 0.2) is 16.3 Å². The van der Waals surface area contributed by atoms with Gasteiger partial charge in [-0.2, -0.15) is 0 Å². The Labute approximate surface area is 117 Å². The van der Waals surface area contributed by atoms with Gasteiger partial charge in [0.1, 0.15) is 12.0 Å². The Kier molecular flexibility index (Phi) is 5.21. The highest BCUT2D eigenvalue weighted by molar-refractivity contribution is 8.16. The van der Waals surface area contributed by atoms with E-state index in [9.17, 15) is 0 Å². The first kappa shape index (κ1) is 14.0. The summed E-state index contributed by atoms with van der Waals surface area (Å²) in [5.41, 5.74) is 2.17. The average Bonchev–Trinajstić information content (AvgIpc) is 2.87. The van der Waals surface area contributed by atoms with Crippen LogP contribution in [0.2, 0.25) is 0 Å². The lowest BCUT2D eigenvalue weighted by molar-refractivity contribution is 0.147. The van der Waals surface area contributed by atoms with Crippen molar-refractivity contribution in [2.75, 3.05) is 18.6 Å². The zero-order valence-electron chi connectivity index (χ0n) is 11.0. The summed E-state index contributed by atoms with van der Waals surface area (Å²) in [4.78, 5) is 4.55. The fourth-order valence-electron chi connectivity index (χ4n) is 1.63. The van der Waals surface area contributed by atoms with Gasteiger partial charge >= 0.3 is 0 Å². The predicted molar refractivity (Wildman–Crippen MR) is 78.9 cm³/mol. The molecule has 0 amide bonds. The standard InChI is InChI=1S/C13H19NO2S2/c1-9(10(2)15-3)7-12-14-11(8-16-12)13-17-5-4-6-18-13/h7-8,10,13H,4-6H2,1-3H3/b9-7+/t10-/m1/s1. The van der Waals surface area contributed by atoms with Gasteiger partial charge in [0.05, 0.1) is 10.7 Å². The van der Waals surface area contributed by atoms with Crippen LogP contribution in [0.3, 0.4) is 0 Å². The summed E-state index contributed by atoms with van der Waals surface area (Å²) in [6.07, 6.45) is 5.13. The number of nitrogens with zero attached hydrogens (tertiary/aromatic N) is 1. The molecule has 1 aliphatic rings. The largest absolute Gasteiger partial charge is 0.445 e. The monoisotopic (exact) mass is 285 g/mol. The van der Waals surface area contributed by atoms with E-state index in [-0.39, 0.29) is 6.10 Å². The van der Waals surface area contributed by atoms with Gasteiger partial charge in [-0.3, -0.25) is 0 Å². The number of hydrogen-bond acceptors (Lipinski definition) is 5. The average molecular weight is 285 g/mol. The fraction of sp³-hybridized carbons (Fsp3) is 0.615. The normalized spacial score (nSPS) is 20.1. The minimum Gasteiger partial charge on any atom is -0.445 e. The lowest BCUT2D eigenvalue weighted by Crippen LogP contribution is -2.05. The fourth-order valence-corrected chi connectivity index (χ4v) is 4.38. The van der Waals surface area contributed by atoms with Gasteiger partial charge in [0.15, 0.2) is 0 Å². The zero-order valence-corrected chi connectivity index (χ0v) is 12.6. The first-order valence-electron chi connectivity index (χ1n) is 6.10. The van der Waals surface area contributed by atoms with Gasteiger partial charge < -0.3 is 9.15 Å². The molecule has 1 aliphatic heterocycles. The molecule has 1 saturated heterocycles. The van der Waals surface area contributed by atoms with E-state index in [0.29, 0.717) is 10.5 Å². The predicted octanol–water partition coefficient (Wildman–Crippen LogP) is 3.98. The molecular weight excluding hydrogens is 266 g/mol. The van der Waals surface area contributed by atoms with Crippen molar-refractivity contribution < 1.29 is 9.15 Å². The van der Waals surface area contributed by atoms with E-state index >= 15 is 0 Å². The second-order valence-corrected chi connectivity index (χ2v) is 7.03. The van der Waals surface area contributed by atoms with Crippen molar-refractivity contribution in [1.82, 2.24) is 4.98 Å². The minimum atomic E-state index is 0.0961. The van der Waals surface area contributed by atoms with Crippen LogP contribution in [0.5, 0.6) is 0 Å². The van der Waals surface area contributed by atoms with Crippen LogP contribution in [0.25, 0.3) is 6.08 Å². The summed E-state index contributed by atoms with van der Waals surface area (Å²) in [7, 11) is 1.71. The maximum atomic E-state index is 5.51. The number of thioether (sulfide) groups is 2. The molecule has 100 valence electrons. The van der Waals surface area contributed by atoms with Crippen LogP contribution in [-0.4, -0.2) is 29.7 Å². The van der Waals surface area contributed by atoms with Crippen LogP contribution in [0.4, 0.5) is 0 Å². The molecule has 0 unspecified atom stereocenters. The van der Waals surface area contributed by atoms with E-state index in [2.05, 4.69) is 4.98 Å². The van der Waals surface area contributed by atoms with Crippen LogP contribution in [-0.2, 0) is 4.74 Å². The molecule has 1 atom stereocenters. The second-order valence-electron chi connectivity index (χ2n) is 4.30. The Morgan fingerprint density at radius 2 is 2.28 bits per heavy atom. The highest BCUT2D eigenvalue weighted by Gasteiger charge is 2.20.